The molecule has 0 unspecified atom stereocenters. The summed E-state index contributed by atoms with van der Waals surface area (Å²) in [6, 6.07) is 13.0. The Bertz CT molecular complexity index is 904. The van der Waals surface area contributed by atoms with E-state index in [9.17, 15) is 10.0 Å². The maximum atomic E-state index is 9.34. The van der Waals surface area contributed by atoms with E-state index in [0.717, 1.165) is 11.3 Å². The highest BCUT2D eigenvalue weighted by molar-refractivity contribution is 7.14. The highest BCUT2D eigenvalue weighted by Gasteiger charge is 2.20. The summed E-state index contributed by atoms with van der Waals surface area (Å²) in [4.78, 5) is 4.45. The highest BCUT2D eigenvalue weighted by Crippen LogP contribution is 2.24. The van der Waals surface area contributed by atoms with Gasteiger partial charge in [-0.1, -0.05) is 59.6 Å². The molecule has 0 aliphatic rings. The van der Waals surface area contributed by atoms with Crippen LogP contribution in [-0.2, 0) is 0 Å². The van der Waals surface area contributed by atoms with Gasteiger partial charge in [-0.15, -0.1) is 11.3 Å². The van der Waals surface area contributed by atoms with E-state index in [4.69, 9.17) is 23.2 Å². The summed E-state index contributed by atoms with van der Waals surface area (Å²) >= 11 is 13.5. The molecule has 2 aromatic carbocycles. The number of halogens is 2. The minimum atomic E-state index is -1.76. The Morgan fingerprint density at radius 3 is 2.60 bits per heavy atom. The summed E-state index contributed by atoms with van der Waals surface area (Å²) in [5.74, 6) is 0. The lowest BCUT2D eigenvalue weighted by atomic mass is 9.79. The van der Waals surface area contributed by atoms with E-state index in [1.54, 1.807) is 6.07 Å². The molecule has 3 aromatic rings. The monoisotopic (exact) mass is 391 g/mol. The summed E-state index contributed by atoms with van der Waals surface area (Å²) < 4.78 is 0. The third kappa shape index (κ3) is 4.20. The van der Waals surface area contributed by atoms with Gasteiger partial charge in [0.05, 0.1) is 16.9 Å². The van der Waals surface area contributed by atoms with Crippen molar-refractivity contribution in [3.63, 3.8) is 0 Å². The predicted molar refractivity (Wildman–Crippen MR) is 105 cm³/mol. The zero-order valence-corrected chi connectivity index (χ0v) is 15.1. The molecule has 0 aliphatic heterocycles. The Labute approximate surface area is 158 Å². The molecular formula is C16H12BCl2N3O2S. The molecule has 0 radical (unpaired) electrons. The molecule has 3 rings (SSSR count). The van der Waals surface area contributed by atoms with Gasteiger partial charge in [-0.25, -0.2) is 4.98 Å². The van der Waals surface area contributed by atoms with Crippen molar-refractivity contribution < 1.29 is 10.0 Å². The van der Waals surface area contributed by atoms with Crippen LogP contribution in [0.15, 0.2) is 52.9 Å². The zero-order chi connectivity index (χ0) is 17.8. The van der Waals surface area contributed by atoms with Crippen molar-refractivity contribution in [2.24, 2.45) is 5.10 Å². The first-order chi connectivity index (χ1) is 12.1. The molecule has 0 spiro atoms. The minimum absolute atomic E-state index is 0.0490. The van der Waals surface area contributed by atoms with Crippen LogP contribution >= 0.6 is 34.5 Å². The van der Waals surface area contributed by atoms with Crippen LogP contribution in [0.5, 0.6) is 0 Å². The van der Waals surface area contributed by atoms with E-state index in [1.165, 1.54) is 23.6 Å². The van der Waals surface area contributed by atoms with Gasteiger partial charge >= 0.3 is 7.12 Å². The average molecular weight is 392 g/mol. The molecule has 0 atom stereocenters. The number of aromatic nitrogens is 1. The first-order valence-corrected chi connectivity index (χ1v) is 8.84. The molecule has 1 heterocycles. The Morgan fingerprint density at radius 2 is 1.88 bits per heavy atom. The van der Waals surface area contributed by atoms with Crippen LogP contribution in [0.3, 0.4) is 0 Å². The second-order valence-corrected chi connectivity index (χ2v) is 6.66. The van der Waals surface area contributed by atoms with Gasteiger partial charge in [0, 0.05) is 27.0 Å². The van der Waals surface area contributed by atoms with Crippen molar-refractivity contribution in [3.8, 4) is 11.3 Å². The van der Waals surface area contributed by atoms with Gasteiger partial charge in [0.2, 0.25) is 5.13 Å². The van der Waals surface area contributed by atoms with Crippen molar-refractivity contribution in [3.05, 3.63) is 63.5 Å². The lowest BCUT2D eigenvalue weighted by Gasteiger charge is -2.07. The van der Waals surface area contributed by atoms with E-state index >= 15 is 0 Å². The maximum absolute atomic E-state index is 9.34. The molecule has 3 N–H and O–H groups in total. The van der Waals surface area contributed by atoms with Crippen molar-refractivity contribution in [2.75, 3.05) is 5.43 Å². The topological polar surface area (TPSA) is 77.7 Å². The van der Waals surface area contributed by atoms with Crippen LogP contribution in [0.2, 0.25) is 10.0 Å². The summed E-state index contributed by atoms with van der Waals surface area (Å²) in [5, 5.41) is 25.7. The van der Waals surface area contributed by atoms with Gasteiger partial charge in [0.25, 0.3) is 0 Å². The predicted octanol–water partition coefficient (Wildman–Crippen LogP) is 3.24. The molecule has 0 saturated heterocycles. The maximum Gasteiger partial charge on any atom is 0.491 e. The third-order valence-corrected chi connectivity index (χ3v) is 4.85. The summed E-state index contributed by atoms with van der Waals surface area (Å²) in [6.45, 7) is 0. The lowest BCUT2D eigenvalue weighted by Crippen LogP contribution is -2.32. The van der Waals surface area contributed by atoms with E-state index in [2.05, 4.69) is 15.5 Å². The van der Waals surface area contributed by atoms with Crippen molar-refractivity contribution in [1.82, 2.24) is 4.98 Å². The van der Waals surface area contributed by atoms with Crippen LogP contribution < -0.4 is 10.9 Å². The van der Waals surface area contributed by atoms with Crippen LogP contribution in [-0.4, -0.2) is 28.4 Å². The largest absolute Gasteiger partial charge is 0.491 e. The molecule has 1 aromatic heterocycles. The average Bonchev–Trinajstić information content (AvgIpc) is 3.06. The fourth-order valence-corrected chi connectivity index (χ4v) is 3.43. The Balaban J connectivity index is 1.74. The standard InChI is InChI=1S/C16H12BCl2N3O2S/c18-12-7-6-11(15(19)14(12)17(23)24)8-20-22-16-21-13(9-25-16)10-4-2-1-3-5-10/h1-9,23-24H,(H,21,22). The van der Waals surface area contributed by atoms with Gasteiger partial charge in [-0.2, -0.15) is 5.10 Å². The SMILES string of the molecule is OB(O)c1c(Cl)ccc(C=NNc2nc(-c3ccccc3)cs2)c1Cl. The second-order valence-electron chi connectivity index (χ2n) is 5.01. The number of hydrogen-bond acceptors (Lipinski definition) is 6. The van der Waals surface area contributed by atoms with Gasteiger partial charge < -0.3 is 10.0 Å². The number of nitrogens with zero attached hydrogens (tertiary/aromatic N) is 2. The number of rotatable bonds is 5. The highest BCUT2D eigenvalue weighted by atomic mass is 35.5. The summed E-state index contributed by atoms with van der Waals surface area (Å²) in [6.07, 6.45) is 1.47. The van der Waals surface area contributed by atoms with Crippen LogP contribution in [0.1, 0.15) is 5.56 Å². The van der Waals surface area contributed by atoms with Gasteiger partial charge in [-0.05, 0) is 6.07 Å². The second kappa shape index (κ2) is 7.99. The molecule has 25 heavy (non-hydrogen) atoms. The molecule has 0 fully saturated rings. The van der Waals surface area contributed by atoms with Gasteiger partial charge in [-0.3, -0.25) is 5.43 Å². The first-order valence-electron chi connectivity index (χ1n) is 7.20. The quantitative estimate of drug-likeness (QED) is 0.354. The smallest absolute Gasteiger partial charge is 0.423 e. The number of benzene rings is 2. The normalized spacial score (nSPS) is 11.0. The molecule has 9 heteroatoms. The molecular weight excluding hydrogens is 380 g/mol. The fraction of sp³-hybridized carbons (Fsp3) is 0. The van der Waals surface area contributed by atoms with Gasteiger partial charge in [0.1, 0.15) is 0 Å². The van der Waals surface area contributed by atoms with E-state index in [0.29, 0.717) is 10.7 Å². The lowest BCUT2D eigenvalue weighted by molar-refractivity contribution is 0.426. The van der Waals surface area contributed by atoms with Crippen molar-refractivity contribution in [1.29, 1.82) is 0 Å². The number of thiazole rings is 1. The molecule has 126 valence electrons. The number of anilines is 1. The number of hydrazone groups is 1. The molecule has 0 bridgehead atoms. The number of nitrogens with one attached hydrogen (secondary N) is 1. The first kappa shape index (κ1) is 17.9. The Morgan fingerprint density at radius 1 is 1.12 bits per heavy atom. The van der Waals surface area contributed by atoms with Gasteiger partial charge in [0.15, 0.2) is 0 Å². The summed E-state index contributed by atoms with van der Waals surface area (Å²) in [7, 11) is -1.76. The van der Waals surface area contributed by atoms with E-state index < -0.39 is 7.12 Å². The Kier molecular flexibility index (Phi) is 5.72. The molecule has 0 aliphatic carbocycles. The Hall–Kier alpha value is -1.90. The number of hydrogen-bond donors (Lipinski definition) is 3. The van der Waals surface area contributed by atoms with Crippen molar-refractivity contribution in [2.45, 2.75) is 0 Å². The van der Waals surface area contributed by atoms with Crippen LogP contribution in [0, 0.1) is 0 Å². The van der Waals surface area contributed by atoms with Crippen LogP contribution in [0.25, 0.3) is 11.3 Å². The fourth-order valence-electron chi connectivity index (χ4n) is 2.15. The molecule has 0 saturated carbocycles. The minimum Gasteiger partial charge on any atom is -0.423 e. The molecule has 5 nitrogen and oxygen atoms in total. The third-order valence-electron chi connectivity index (χ3n) is 3.35. The van der Waals surface area contributed by atoms with E-state index in [-0.39, 0.29) is 15.5 Å². The van der Waals surface area contributed by atoms with Crippen LogP contribution in [0.4, 0.5) is 5.13 Å². The molecule has 0 amide bonds. The summed E-state index contributed by atoms with van der Waals surface area (Å²) in [5.41, 5.74) is 5.27. The van der Waals surface area contributed by atoms with Crippen molar-refractivity contribution >= 4 is 58.5 Å². The van der Waals surface area contributed by atoms with E-state index in [1.807, 2.05) is 35.7 Å². The zero-order valence-electron chi connectivity index (χ0n) is 12.7.